The predicted octanol–water partition coefficient (Wildman–Crippen LogP) is 13.3. The minimum atomic E-state index is -2.84. The molecule has 4 nitrogen and oxygen atoms in total. The Labute approximate surface area is 415 Å². The summed E-state index contributed by atoms with van der Waals surface area (Å²) in [6.45, 7) is 4.71. The molecular weight excluding hydrogens is 877 g/mol. The zero-order chi connectivity index (χ0) is 47.5. The molecule has 10 aromatic carbocycles. The van der Waals surface area contributed by atoms with E-state index in [0.29, 0.717) is 17.5 Å². The summed E-state index contributed by atoms with van der Waals surface area (Å²) < 4.78 is 2.48. The monoisotopic (exact) mass is 924 g/mol. The number of fused-ring (bicyclic) bond motifs is 7. The molecule has 0 saturated carbocycles. The molecule has 0 amide bonds. The second-order valence-corrected chi connectivity index (χ2v) is 22.9. The lowest BCUT2D eigenvalue weighted by atomic mass is 9.82. The molecule has 0 spiro atoms. The Morgan fingerprint density at radius 1 is 0.352 bits per heavy atom. The van der Waals surface area contributed by atoms with E-state index in [1.165, 1.54) is 70.4 Å². The second kappa shape index (κ2) is 17.0. The topological polar surface area (TPSA) is 43.6 Å². The normalized spacial score (nSPS) is 12.8. The van der Waals surface area contributed by atoms with Gasteiger partial charge in [-0.2, -0.15) is 0 Å². The molecule has 0 radical (unpaired) electrons. The molecule has 12 aromatic rings. The van der Waals surface area contributed by atoms with Crippen LogP contribution < -0.4 is 20.7 Å². The fraction of sp³-hybridized carbons (Fsp3) is 0.0455. The van der Waals surface area contributed by atoms with Crippen molar-refractivity contribution in [2.75, 3.05) is 0 Å². The van der Waals surface area contributed by atoms with Crippen molar-refractivity contribution in [2.24, 2.45) is 0 Å². The van der Waals surface area contributed by atoms with Gasteiger partial charge in [-0.3, -0.25) is 0 Å². The van der Waals surface area contributed by atoms with E-state index < -0.39 is 8.07 Å². The van der Waals surface area contributed by atoms with Crippen molar-refractivity contribution in [2.45, 2.75) is 19.3 Å². The molecule has 0 saturated heterocycles. The minimum Gasteiger partial charge on any atom is -0.309 e. The Morgan fingerprint density at radius 2 is 0.845 bits per heavy atom. The fourth-order valence-electron chi connectivity index (χ4n) is 11.5. The van der Waals surface area contributed by atoms with E-state index in [4.69, 9.17) is 15.0 Å². The Balaban J connectivity index is 1.02. The number of hydrogen-bond donors (Lipinski definition) is 0. The standard InChI is InChI=1S/C66H48N4Si/c1-66(2)58-37-19-18-36-56(58)61-59(66)40-39-55-57-44-47(45-22-8-3-9-23-45)38-41-60(57)70(62(55)61)50-28-20-26-48(42-50)64-67-63(46-24-10-4-11-25-46)68-65(69-64)49-27-21-35-54(43-49)71(51-29-12-5-13-30-51,52-31-14-6-15-32-52)53-33-16-7-17-34-53/h3-44H,1-2H3. The molecule has 13 rings (SSSR count). The van der Waals surface area contributed by atoms with Gasteiger partial charge in [0.2, 0.25) is 0 Å². The van der Waals surface area contributed by atoms with Crippen LogP contribution in [0.4, 0.5) is 0 Å². The second-order valence-electron chi connectivity index (χ2n) is 19.1. The van der Waals surface area contributed by atoms with Crippen LogP contribution in [0.2, 0.25) is 0 Å². The molecule has 2 heterocycles. The van der Waals surface area contributed by atoms with Gasteiger partial charge in [0.1, 0.15) is 0 Å². The third-order valence-corrected chi connectivity index (χ3v) is 19.6. The van der Waals surface area contributed by atoms with E-state index >= 15 is 0 Å². The van der Waals surface area contributed by atoms with Gasteiger partial charge in [-0.1, -0.05) is 244 Å². The lowest BCUT2D eigenvalue weighted by molar-refractivity contribution is 0.661. The van der Waals surface area contributed by atoms with Crippen LogP contribution in [0.5, 0.6) is 0 Å². The third kappa shape index (κ3) is 6.92. The molecule has 1 aliphatic carbocycles. The summed E-state index contributed by atoms with van der Waals surface area (Å²) in [5.41, 5.74) is 13.7. The van der Waals surface area contributed by atoms with Crippen LogP contribution in [0.3, 0.4) is 0 Å². The SMILES string of the molecule is CC1(C)c2ccccc2-c2c1ccc1c3cc(-c4ccccc4)ccc3n(-c3cccc(-c4nc(-c5ccccc5)nc(-c5cccc([Si](c6ccccc6)(c6ccccc6)c6ccccc6)c5)n4)c3)c21. The summed E-state index contributed by atoms with van der Waals surface area (Å²) in [7, 11) is -2.84. The zero-order valence-electron chi connectivity index (χ0n) is 39.5. The molecule has 2 aromatic heterocycles. The number of benzene rings is 10. The van der Waals surface area contributed by atoms with Crippen molar-refractivity contribution in [3.63, 3.8) is 0 Å². The maximum absolute atomic E-state index is 5.42. The molecule has 71 heavy (non-hydrogen) atoms. The van der Waals surface area contributed by atoms with E-state index in [-0.39, 0.29) is 5.41 Å². The lowest BCUT2D eigenvalue weighted by Crippen LogP contribution is -2.74. The molecule has 5 heteroatoms. The third-order valence-electron chi connectivity index (χ3n) is 14.8. The van der Waals surface area contributed by atoms with Gasteiger partial charge in [0.25, 0.3) is 0 Å². The number of hydrogen-bond acceptors (Lipinski definition) is 3. The maximum Gasteiger partial charge on any atom is 0.179 e. The predicted molar refractivity (Wildman–Crippen MR) is 297 cm³/mol. The van der Waals surface area contributed by atoms with Crippen molar-refractivity contribution in [1.29, 1.82) is 0 Å². The average molecular weight is 925 g/mol. The highest BCUT2D eigenvalue weighted by Gasteiger charge is 2.42. The van der Waals surface area contributed by atoms with Crippen LogP contribution in [0, 0.1) is 0 Å². The highest BCUT2D eigenvalue weighted by molar-refractivity contribution is 7.19. The Hall–Kier alpha value is -8.77. The first-order chi connectivity index (χ1) is 35.0. The van der Waals surface area contributed by atoms with Gasteiger partial charge in [0.15, 0.2) is 25.5 Å². The van der Waals surface area contributed by atoms with Crippen molar-refractivity contribution >= 4 is 50.6 Å². The summed E-state index contributed by atoms with van der Waals surface area (Å²) >= 11 is 0. The molecule has 0 bridgehead atoms. The minimum absolute atomic E-state index is 0.156. The number of aromatic nitrogens is 4. The van der Waals surface area contributed by atoms with Crippen LogP contribution in [-0.2, 0) is 5.41 Å². The quantitative estimate of drug-likeness (QED) is 0.107. The first kappa shape index (κ1) is 42.3. The summed E-state index contributed by atoms with van der Waals surface area (Å²) in [5, 5.41) is 7.63. The van der Waals surface area contributed by atoms with Crippen molar-refractivity contribution in [1.82, 2.24) is 19.5 Å². The Kier molecular flexibility index (Phi) is 10.2. The van der Waals surface area contributed by atoms with Gasteiger partial charge in [-0.15, -0.1) is 0 Å². The lowest BCUT2D eigenvalue weighted by Gasteiger charge is -2.34. The molecular formula is C66H48N4Si. The van der Waals surface area contributed by atoms with E-state index in [2.05, 4.69) is 255 Å². The van der Waals surface area contributed by atoms with Gasteiger partial charge in [-0.05, 0) is 72.8 Å². The average Bonchev–Trinajstić information content (AvgIpc) is 3.90. The zero-order valence-corrected chi connectivity index (χ0v) is 40.5. The summed E-state index contributed by atoms with van der Waals surface area (Å²) in [6.07, 6.45) is 0. The first-order valence-corrected chi connectivity index (χ1v) is 26.4. The fourth-order valence-corrected chi connectivity index (χ4v) is 16.3. The van der Waals surface area contributed by atoms with E-state index in [1.54, 1.807) is 0 Å². The van der Waals surface area contributed by atoms with Crippen LogP contribution in [0.15, 0.2) is 255 Å². The Bertz CT molecular complexity index is 3850. The van der Waals surface area contributed by atoms with E-state index in [0.717, 1.165) is 27.9 Å². The number of nitrogens with zero attached hydrogens (tertiary/aromatic N) is 4. The molecule has 0 fully saturated rings. The van der Waals surface area contributed by atoms with Crippen molar-refractivity contribution in [3.8, 4) is 62.1 Å². The van der Waals surface area contributed by atoms with Crippen molar-refractivity contribution in [3.05, 3.63) is 266 Å². The summed E-state index contributed by atoms with van der Waals surface area (Å²) in [5.74, 6) is 1.86. The largest absolute Gasteiger partial charge is 0.309 e. The maximum atomic E-state index is 5.42. The van der Waals surface area contributed by atoms with Crippen LogP contribution >= 0.6 is 0 Å². The van der Waals surface area contributed by atoms with Gasteiger partial charge in [0.05, 0.1) is 11.0 Å². The highest BCUT2D eigenvalue weighted by Crippen LogP contribution is 2.53. The molecule has 0 aliphatic heterocycles. The van der Waals surface area contributed by atoms with Crippen LogP contribution in [0.1, 0.15) is 25.0 Å². The van der Waals surface area contributed by atoms with Gasteiger partial charge < -0.3 is 4.57 Å². The Morgan fingerprint density at radius 3 is 1.46 bits per heavy atom. The van der Waals surface area contributed by atoms with E-state index in [1.807, 2.05) is 18.2 Å². The summed E-state index contributed by atoms with van der Waals surface area (Å²) in [6, 6.07) is 92.4. The van der Waals surface area contributed by atoms with Gasteiger partial charge in [-0.25, -0.2) is 15.0 Å². The summed E-state index contributed by atoms with van der Waals surface area (Å²) in [4.78, 5) is 16.0. The van der Waals surface area contributed by atoms with Crippen molar-refractivity contribution < 1.29 is 0 Å². The first-order valence-electron chi connectivity index (χ1n) is 24.4. The van der Waals surface area contributed by atoms with Crippen LogP contribution in [0.25, 0.3) is 83.9 Å². The van der Waals surface area contributed by atoms with E-state index in [9.17, 15) is 0 Å². The van der Waals surface area contributed by atoms with Gasteiger partial charge in [0, 0.05) is 44.1 Å². The highest BCUT2D eigenvalue weighted by atomic mass is 28.3. The smallest absolute Gasteiger partial charge is 0.179 e. The molecule has 336 valence electrons. The molecule has 1 aliphatic rings. The van der Waals surface area contributed by atoms with Crippen LogP contribution in [-0.4, -0.2) is 27.6 Å². The number of rotatable bonds is 9. The van der Waals surface area contributed by atoms with Gasteiger partial charge >= 0.3 is 0 Å². The molecule has 0 atom stereocenters. The molecule has 0 unspecified atom stereocenters. The molecule has 0 N–H and O–H groups in total.